The van der Waals surface area contributed by atoms with Crippen molar-refractivity contribution in [2.24, 2.45) is 0 Å². The largest absolute Gasteiger partial charge is 0.338 e. The molecule has 1 amide bonds. The van der Waals surface area contributed by atoms with Crippen LogP contribution in [0.5, 0.6) is 0 Å². The third-order valence-corrected chi connectivity index (χ3v) is 3.65. The Kier molecular flexibility index (Phi) is 4.74. The molecule has 5 heteroatoms. The number of benzene rings is 2. The van der Waals surface area contributed by atoms with Gasteiger partial charge in [-0.05, 0) is 24.1 Å². The van der Waals surface area contributed by atoms with Crippen LogP contribution in [-0.2, 0) is 11.2 Å². The molecule has 3 aromatic rings. The first-order chi connectivity index (χ1) is 11.2. The normalized spacial score (nSPS) is 10.5. The van der Waals surface area contributed by atoms with Crippen LogP contribution in [0.25, 0.3) is 11.3 Å². The molecule has 0 unspecified atom stereocenters. The van der Waals surface area contributed by atoms with Crippen LogP contribution in [0, 0.1) is 0 Å². The van der Waals surface area contributed by atoms with Crippen LogP contribution in [-0.4, -0.2) is 11.1 Å². The third-order valence-electron chi connectivity index (χ3n) is 3.40. The topological polar surface area (TPSA) is 55.1 Å². The van der Waals surface area contributed by atoms with E-state index in [1.54, 1.807) is 18.2 Å². The van der Waals surface area contributed by atoms with E-state index in [-0.39, 0.29) is 5.91 Å². The van der Waals surface area contributed by atoms with E-state index < -0.39 is 0 Å². The van der Waals surface area contributed by atoms with E-state index in [9.17, 15) is 4.79 Å². The summed E-state index contributed by atoms with van der Waals surface area (Å²) >= 11 is 5.86. The SMILES string of the molecule is O=C(CCc1ccccc1)Nc1cc(-c2ccc(Cl)cc2)no1. The molecule has 116 valence electrons. The number of rotatable bonds is 5. The molecule has 2 aromatic carbocycles. The average molecular weight is 327 g/mol. The van der Waals surface area contributed by atoms with Gasteiger partial charge in [-0.15, -0.1) is 0 Å². The maximum absolute atomic E-state index is 12.0. The quantitative estimate of drug-likeness (QED) is 0.747. The van der Waals surface area contributed by atoms with Crippen LogP contribution in [0.4, 0.5) is 5.88 Å². The van der Waals surface area contributed by atoms with Crippen LogP contribution >= 0.6 is 11.6 Å². The number of hydrogen-bond acceptors (Lipinski definition) is 3. The summed E-state index contributed by atoms with van der Waals surface area (Å²) in [5.41, 5.74) is 2.66. The molecule has 0 saturated heterocycles. The van der Waals surface area contributed by atoms with Gasteiger partial charge in [0.2, 0.25) is 11.8 Å². The summed E-state index contributed by atoms with van der Waals surface area (Å²) in [6.45, 7) is 0. The van der Waals surface area contributed by atoms with E-state index >= 15 is 0 Å². The second-order valence-electron chi connectivity index (χ2n) is 5.12. The molecule has 4 nitrogen and oxygen atoms in total. The minimum absolute atomic E-state index is 0.104. The fourth-order valence-corrected chi connectivity index (χ4v) is 2.32. The van der Waals surface area contributed by atoms with Crippen molar-refractivity contribution in [3.8, 4) is 11.3 Å². The van der Waals surface area contributed by atoms with Gasteiger partial charge in [0.05, 0.1) is 0 Å². The second kappa shape index (κ2) is 7.11. The lowest BCUT2D eigenvalue weighted by Crippen LogP contribution is -2.11. The van der Waals surface area contributed by atoms with Crippen molar-refractivity contribution >= 4 is 23.4 Å². The Balaban J connectivity index is 1.58. The maximum atomic E-state index is 12.0. The van der Waals surface area contributed by atoms with E-state index in [2.05, 4.69) is 10.5 Å². The lowest BCUT2D eigenvalue weighted by atomic mass is 10.1. The Labute approximate surface area is 139 Å². The summed E-state index contributed by atoms with van der Waals surface area (Å²) in [4.78, 5) is 12.0. The minimum atomic E-state index is -0.104. The summed E-state index contributed by atoms with van der Waals surface area (Å²) in [7, 11) is 0. The number of hydrogen-bond donors (Lipinski definition) is 1. The Morgan fingerprint density at radius 3 is 2.57 bits per heavy atom. The zero-order valence-electron chi connectivity index (χ0n) is 12.3. The zero-order valence-corrected chi connectivity index (χ0v) is 13.1. The lowest BCUT2D eigenvalue weighted by Gasteiger charge is -2.01. The van der Waals surface area contributed by atoms with Crippen molar-refractivity contribution in [1.82, 2.24) is 5.16 Å². The number of halogens is 1. The van der Waals surface area contributed by atoms with E-state index in [0.29, 0.717) is 29.4 Å². The second-order valence-corrected chi connectivity index (χ2v) is 5.55. The Hall–Kier alpha value is -2.59. The number of nitrogens with one attached hydrogen (secondary N) is 1. The summed E-state index contributed by atoms with van der Waals surface area (Å²) in [6, 6.07) is 18.8. The number of anilines is 1. The molecule has 1 N–H and O–H groups in total. The molecule has 0 radical (unpaired) electrons. The molecule has 1 heterocycles. The van der Waals surface area contributed by atoms with Gasteiger partial charge in [-0.25, -0.2) is 0 Å². The predicted molar refractivity (Wildman–Crippen MR) is 90.3 cm³/mol. The van der Waals surface area contributed by atoms with Crippen molar-refractivity contribution in [1.29, 1.82) is 0 Å². The van der Waals surface area contributed by atoms with Crippen molar-refractivity contribution in [2.45, 2.75) is 12.8 Å². The van der Waals surface area contributed by atoms with Crippen LogP contribution in [0.1, 0.15) is 12.0 Å². The molecule has 0 atom stereocenters. The molecular formula is C18H15ClN2O2. The zero-order chi connectivity index (χ0) is 16.1. The number of aromatic nitrogens is 1. The molecule has 1 aromatic heterocycles. The summed E-state index contributed by atoms with van der Waals surface area (Å²) in [5, 5.41) is 7.33. The molecule has 0 aliphatic heterocycles. The van der Waals surface area contributed by atoms with E-state index in [0.717, 1.165) is 11.1 Å². The van der Waals surface area contributed by atoms with Crippen molar-refractivity contribution in [2.75, 3.05) is 5.32 Å². The number of aryl methyl sites for hydroxylation is 1. The number of carbonyl (C=O) groups excluding carboxylic acids is 1. The van der Waals surface area contributed by atoms with Crippen LogP contribution in [0.15, 0.2) is 65.2 Å². The monoisotopic (exact) mass is 326 g/mol. The van der Waals surface area contributed by atoms with Crippen molar-refractivity contribution < 1.29 is 9.32 Å². The van der Waals surface area contributed by atoms with Gasteiger partial charge in [0.1, 0.15) is 5.69 Å². The van der Waals surface area contributed by atoms with E-state index in [4.69, 9.17) is 16.1 Å². The van der Waals surface area contributed by atoms with E-state index in [1.165, 1.54) is 0 Å². The maximum Gasteiger partial charge on any atom is 0.231 e. The molecule has 3 rings (SSSR count). The highest BCUT2D eigenvalue weighted by molar-refractivity contribution is 6.30. The first-order valence-corrected chi connectivity index (χ1v) is 7.65. The van der Waals surface area contributed by atoms with Gasteiger partial charge in [-0.3, -0.25) is 10.1 Å². The third kappa shape index (κ3) is 4.20. The molecule has 0 bridgehead atoms. The fraction of sp³-hybridized carbons (Fsp3) is 0.111. The average Bonchev–Trinajstić information content (AvgIpc) is 3.03. The first-order valence-electron chi connectivity index (χ1n) is 7.27. The number of nitrogens with zero attached hydrogens (tertiary/aromatic N) is 1. The first kappa shape index (κ1) is 15.3. The van der Waals surface area contributed by atoms with Gasteiger partial charge in [-0.1, -0.05) is 59.2 Å². The summed E-state index contributed by atoms with van der Waals surface area (Å²) in [6.07, 6.45) is 1.08. The highest BCUT2D eigenvalue weighted by Crippen LogP contribution is 2.23. The molecule has 0 aliphatic carbocycles. The lowest BCUT2D eigenvalue weighted by molar-refractivity contribution is -0.116. The Bertz CT molecular complexity index is 782. The standard InChI is InChI=1S/C18H15ClN2O2/c19-15-9-7-14(8-10-15)16-12-18(23-21-16)20-17(22)11-6-13-4-2-1-3-5-13/h1-5,7-10,12H,6,11H2,(H,20,22). The highest BCUT2D eigenvalue weighted by Gasteiger charge is 2.09. The van der Waals surface area contributed by atoms with Gasteiger partial charge in [0.25, 0.3) is 0 Å². The fourth-order valence-electron chi connectivity index (χ4n) is 2.19. The molecule has 0 spiro atoms. The molecule has 23 heavy (non-hydrogen) atoms. The minimum Gasteiger partial charge on any atom is -0.338 e. The van der Waals surface area contributed by atoms with Crippen molar-refractivity contribution in [3.63, 3.8) is 0 Å². The molecule has 0 fully saturated rings. The molecule has 0 saturated carbocycles. The van der Waals surface area contributed by atoms with Gasteiger partial charge in [0.15, 0.2) is 0 Å². The highest BCUT2D eigenvalue weighted by atomic mass is 35.5. The van der Waals surface area contributed by atoms with Gasteiger partial charge >= 0.3 is 0 Å². The van der Waals surface area contributed by atoms with Gasteiger partial charge in [0, 0.05) is 23.1 Å². The Morgan fingerprint density at radius 1 is 1.09 bits per heavy atom. The van der Waals surface area contributed by atoms with Crippen LogP contribution in [0.3, 0.4) is 0 Å². The molecule has 0 aliphatic rings. The summed E-state index contributed by atoms with van der Waals surface area (Å²) in [5.74, 6) is 0.237. The van der Waals surface area contributed by atoms with Crippen molar-refractivity contribution in [3.05, 3.63) is 71.2 Å². The summed E-state index contributed by atoms with van der Waals surface area (Å²) < 4.78 is 5.16. The van der Waals surface area contributed by atoms with Gasteiger partial charge < -0.3 is 4.52 Å². The van der Waals surface area contributed by atoms with E-state index in [1.807, 2.05) is 42.5 Å². The molecular weight excluding hydrogens is 312 g/mol. The van der Waals surface area contributed by atoms with Crippen LogP contribution < -0.4 is 5.32 Å². The predicted octanol–water partition coefficient (Wildman–Crippen LogP) is 4.57. The number of amides is 1. The van der Waals surface area contributed by atoms with Gasteiger partial charge in [-0.2, -0.15) is 0 Å². The number of carbonyl (C=O) groups is 1. The van der Waals surface area contributed by atoms with Crippen LogP contribution in [0.2, 0.25) is 5.02 Å². The Morgan fingerprint density at radius 2 is 1.83 bits per heavy atom. The smallest absolute Gasteiger partial charge is 0.231 e.